The summed E-state index contributed by atoms with van der Waals surface area (Å²) in [5.41, 5.74) is 0. The maximum Gasteiger partial charge on any atom is 0.268 e. The molecule has 0 fully saturated rings. The van der Waals surface area contributed by atoms with E-state index in [1.807, 2.05) is 27.2 Å². The van der Waals surface area contributed by atoms with Gasteiger partial charge in [0.25, 0.3) is 7.82 Å². The number of nitrogens with one attached hydrogen (secondary N) is 1. The van der Waals surface area contributed by atoms with E-state index in [1.54, 1.807) is 6.08 Å². The molecule has 3 atom stereocenters. The van der Waals surface area contributed by atoms with Gasteiger partial charge in [-0.1, -0.05) is 96.6 Å². The minimum Gasteiger partial charge on any atom is -0.756 e. The van der Waals surface area contributed by atoms with Crippen molar-refractivity contribution >= 4 is 13.7 Å². The van der Waals surface area contributed by atoms with Crippen molar-refractivity contribution in [3.8, 4) is 0 Å². The van der Waals surface area contributed by atoms with Crippen LogP contribution >= 0.6 is 7.82 Å². The number of carbonyl (C=O) groups is 1. The van der Waals surface area contributed by atoms with Crippen molar-refractivity contribution < 1.29 is 32.9 Å². The summed E-state index contributed by atoms with van der Waals surface area (Å²) in [6.45, 7) is 4.50. The van der Waals surface area contributed by atoms with E-state index >= 15 is 0 Å². The van der Waals surface area contributed by atoms with E-state index in [0.717, 1.165) is 38.5 Å². The molecule has 220 valence electrons. The number of aliphatic hydroxyl groups is 1. The monoisotopic (exact) mass is 548 g/mol. The predicted molar refractivity (Wildman–Crippen MR) is 150 cm³/mol. The molecule has 0 aromatic rings. The van der Waals surface area contributed by atoms with Gasteiger partial charge in [-0.3, -0.25) is 9.36 Å². The summed E-state index contributed by atoms with van der Waals surface area (Å²) >= 11 is 0. The summed E-state index contributed by atoms with van der Waals surface area (Å²) in [5.74, 6) is -0.213. The Hall–Kier alpha value is -0.760. The number of hydrogen-bond donors (Lipinski definition) is 2. The normalized spacial score (nSPS) is 15.5. The lowest BCUT2D eigenvalue weighted by Crippen LogP contribution is -2.45. The van der Waals surface area contributed by atoms with Crippen LogP contribution in [0.25, 0.3) is 0 Å². The van der Waals surface area contributed by atoms with Gasteiger partial charge in [0.05, 0.1) is 39.9 Å². The van der Waals surface area contributed by atoms with Crippen LogP contribution in [0, 0.1) is 0 Å². The van der Waals surface area contributed by atoms with E-state index in [9.17, 15) is 19.4 Å². The molecule has 2 N–H and O–H groups in total. The van der Waals surface area contributed by atoms with Crippen LogP contribution in [-0.4, -0.2) is 68.5 Å². The van der Waals surface area contributed by atoms with Crippen LogP contribution in [0.4, 0.5) is 0 Å². The highest BCUT2D eigenvalue weighted by molar-refractivity contribution is 7.45. The summed E-state index contributed by atoms with van der Waals surface area (Å²) < 4.78 is 22.8. The molecular formula is C28H57N2O6P. The Balaban J connectivity index is 4.72. The van der Waals surface area contributed by atoms with Crippen LogP contribution in [0.3, 0.4) is 0 Å². The van der Waals surface area contributed by atoms with Gasteiger partial charge in [-0.05, 0) is 19.3 Å². The summed E-state index contributed by atoms with van der Waals surface area (Å²) in [6, 6.07) is -0.873. The van der Waals surface area contributed by atoms with Gasteiger partial charge < -0.3 is 28.8 Å². The Kier molecular flexibility index (Phi) is 21.6. The zero-order valence-electron chi connectivity index (χ0n) is 24.4. The molecule has 37 heavy (non-hydrogen) atoms. The topological polar surface area (TPSA) is 108 Å². The lowest BCUT2D eigenvalue weighted by molar-refractivity contribution is -0.870. The highest BCUT2D eigenvalue weighted by Crippen LogP contribution is 2.38. The number of rotatable bonds is 25. The van der Waals surface area contributed by atoms with Crippen LogP contribution in [0.15, 0.2) is 12.2 Å². The summed E-state index contributed by atoms with van der Waals surface area (Å²) in [7, 11) is 1.25. The van der Waals surface area contributed by atoms with Crippen molar-refractivity contribution in [1.29, 1.82) is 0 Å². The summed E-state index contributed by atoms with van der Waals surface area (Å²) in [6.07, 6.45) is 18.5. The third-order valence-electron chi connectivity index (χ3n) is 6.25. The van der Waals surface area contributed by atoms with E-state index in [1.165, 1.54) is 51.4 Å². The number of phosphoric ester groups is 1. The number of nitrogens with zero attached hydrogens (tertiary/aromatic N) is 1. The quantitative estimate of drug-likeness (QED) is 0.0676. The molecule has 0 saturated carbocycles. The minimum atomic E-state index is -4.55. The molecule has 0 radical (unpaired) electrons. The van der Waals surface area contributed by atoms with Crippen molar-refractivity contribution in [2.45, 2.75) is 122 Å². The number of amides is 1. The van der Waals surface area contributed by atoms with Crippen molar-refractivity contribution in [2.24, 2.45) is 0 Å². The molecule has 0 aliphatic rings. The highest BCUT2D eigenvalue weighted by Gasteiger charge is 2.23. The van der Waals surface area contributed by atoms with E-state index < -0.39 is 20.0 Å². The van der Waals surface area contributed by atoms with Gasteiger partial charge in [-0.2, -0.15) is 0 Å². The molecule has 1 amide bonds. The molecule has 0 rings (SSSR count). The Morgan fingerprint density at radius 2 is 1.46 bits per heavy atom. The zero-order valence-corrected chi connectivity index (χ0v) is 25.3. The number of likely N-dealkylation sites (N-methyl/N-ethyl adjacent to an activating group) is 1. The first-order chi connectivity index (χ1) is 17.5. The first-order valence-electron chi connectivity index (χ1n) is 14.6. The Labute approximate surface area is 227 Å². The van der Waals surface area contributed by atoms with Crippen LogP contribution in [-0.2, 0) is 18.4 Å². The third-order valence-corrected chi connectivity index (χ3v) is 7.21. The SMILES string of the molecule is CCCCCCCCC/C=C/C(O)C(COP(=O)([O-])OCC[N+](C)(C)C)NC(=O)CCCCCCCC. The molecule has 0 heterocycles. The largest absolute Gasteiger partial charge is 0.756 e. The molecule has 8 nitrogen and oxygen atoms in total. The lowest BCUT2D eigenvalue weighted by atomic mass is 10.1. The van der Waals surface area contributed by atoms with Gasteiger partial charge in [0.2, 0.25) is 5.91 Å². The number of hydrogen-bond acceptors (Lipinski definition) is 6. The van der Waals surface area contributed by atoms with Crippen LogP contribution < -0.4 is 10.2 Å². The third kappa shape index (κ3) is 24.0. The van der Waals surface area contributed by atoms with E-state index in [4.69, 9.17) is 9.05 Å². The van der Waals surface area contributed by atoms with Crippen molar-refractivity contribution in [2.75, 3.05) is 40.9 Å². The lowest BCUT2D eigenvalue weighted by Gasteiger charge is -2.29. The van der Waals surface area contributed by atoms with Crippen LogP contribution in [0.5, 0.6) is 0 Å². The molecule has 0 aromatic carbocycles. The molecule has 0 aromatic heterocycles. The molecule has 0 aliphatic carbocycles. The van der Waals surface area contributed by atoms with Gasteiger partial charge in [0.1, 0.15) is 13.2 Å². The van der Waals surface area contributed by atoms with Crippen molar-refractivity contribution in [3.63, 3.8) is 0 Å². The van der Waals surface area contributed by atoms with Gasteiger partial charge in [0.15, 0.2) is 0 Å². The van der Waals surface area contributed by atoms with Crippen LogP contribution in [0.2, 0.25) is 0 Å². The fourth-order valence-corrected chi connectivity index (χ4v) is 4.52. The zero-order chi connectivity index (χ0) is 28.0. The maximum atomic E-state index is 12.5. The Morgan fingerprint density at radius 3 is 2.03 bits per heavy atom. The van der Waals surface area contributed by atoms with E-state index in [2.05, 4.69) is 19.2 Å². The highest BCUT2D eigenvalue weighted by atomic mass is 31.2. The minimum absolute atomic E-state index is 0.000234. The van der Waals surface area contributed by atoms with Gasteiger partial charge >= 0.3 is 0 Å². The predicted octanol–water partition coefficient (Wildman–Crippen LogP) is 5.49. The standard InChI is InChI=1S/C28H57N2O6P/c1-6-8-10-12-14-15-16-17-19-21-27(31)26(29-28(32)22-20-18-13-11-9-7-2)25-36-37(33,34)35-24-23-30(3,4)5/h19,21,26-27,31H,6-18,20,22-25H2,1-5H3,(H-,29,32,33,34)/b21-19+. The molecule has 0 saturated heterocycles. The number of aliphatic hydroxyl groups excluding tert-OH is 1. The second-order valence-electron chi connectivity index (χ2n) is 11.1. The number of quaternary nitrogens is 1. The van der Waals surface area contributed by atoms with Crippen LogP contribution in [0.1, 0.15) is 110 Å². The van der Waals surface area contributed by atoms with Gasteiger partial charge in [-0.25, -0.2) is 0 Å². The van der Waals surface area contributed by atoms with Crippen molar-refractivity contribution in [1.82, 2.24) is 5.32 Å². The van der Waals surface area contributed by atoms with Gasteiger partial charge in [0, 0.05) is 6.42 Å². The second-order valence-corrected chi connectivity index (χ2v) is 12.5. The smallest absolute Gasteiger partial charge is 0.268 e. The Bertz CT molecular complexity index is 639. The average Bonchev–Trinajstić information content (AvgIpc) is 2.81. The number of allylic oxidation sites excluding steroid dienone is 1. The van der Waals surface area contributed by atoms with Gasteiger partial charge in [-0.15, -0.1) is 0 Å². The second kappa shape index (κ2) is 22.1. The molecular weight excluding hydrogens is 491 g/mol. The Morgan fingerprint density at radius 1 is 0.919 bits per heavy atom. The van der Waals surface area contributed by atoms with E-state index in [0.29, 0.717) is 17.4 Å². The first kappa shape index (κ1) is 36.2. The first-order valence-corrected chi connectivity index (χ1v) is 16.0. The number of phosphoric acid groups is 1. The molecule has 0 aliphatic heterocycles. The summed E-state index contributed by atoms with van der Waals surface area (Å²) in [5, 5.41) is 13.5. The fraction of sp³-hybridized carbons (Fsp3) is 0.893. The molecule has 9 heteroatoms. The average molecular weight is 549 g/mol. The number of carbonyl (C=O) groups excluding carboxylic acids is 1. The molecule has 0 spiro atoms. The molecule has 3 unspecified atom stereocenters. The number of unbranched alkanes of at least 4 members (excludes halogenated alkanes) is 12. The van der Waals surface area contributed by atoms with Crippen molar-refractivity contribution in [3.05, 3.63) is 12.2 Å². The summed E-state index contributed by atoms with van der Waals surface area (Å²) in [4.78, 5) is 24.7. The fourth-order valence-electron chi connectivity index (χ4n) is 3.79. The van der Waals surface area contributed by atoms with E-state index in [-0.39, 0.29) is 19.1 Å². The molecule has 0 bridgehead atoms. The maximum absolute atomic E-state index is 12.5.